The van der Waals surface area contributed by atoms with Gasteiger partial charge in [0.15, 0.2) is 5.65 Å². The zero-order chi connectivity index (χ0) is 15.6. The van der Waals surface area contributed by atoms with Gasteiger partial charge in [0, 0.05) is 12.6 Å². The smallest absolute Gasteiger partial charge is 0.224 e. The molecule has 1 amide bonds. The van der Waals surface area contributed by atoms with Gasteiger partial charge in [-0.1, -0.05) is 30.3 Å². The molecule has 2 aromatic heterocycles. The van der Waals surface area contributed by atoms with Crippen LogP contribution in [-0.4, -0.2) is 20.5 Å². The van der Waals surface area contributed by atoms with Crippen LogP contribution in [0.1, 0.15) is 18.4 Å². The zero-order valence-corrected chi connectivity index (χ0v) is 12.7. The Morgan fingerprint density at radius 2 is 2.04 bits per heavy atom. The Bertz CT molecular complexity index is 827. The molecule has 2 heterocycles. The monoisotopic (exact) mass is 306 g/mol. The van der Waals surface area contributed by atoms with Gasteiger partial charge in [-0.2, -0.15) is 0 Å². The van der Waals surface area contributed by atoms with E-state index in [1.165, 1.54) is 5.56 Å². The molecule has 4 rings (SSSR count). The van der Waals surface area contributed by atoms with Crippen LogP contribution < -0.4 is 5.32 Å². The number of nitrogens with zero attached hydrogens (tertiary/aromatic N) is 3. The molecule has 0 spiro atoms. The van der Waals surface area contributed by atoms with E-state index in [0.717, 1.165) is 24.2 Å². The van der Waals surface area contributed by atoms with Crippen molar-refractivity contribution in [1.82, 2.24) is 14.6 Å². The summed E-state index contributed by atoms with van der Waals surface area (Å²) in [6, 6.07) is 14.2. The van der Waals surface area contributed by atoms with E-state index in [4.69, 9.17) is 0 Å². The molecule has 0 saturated heterocycles. The van der Waals surface area contributed by atoms with Crippen molar-refractivity contribution in [1.29, 1.82) is 0 Å². The van der Waals surface area contributed by atoms with Crippen LogP contribution in [0.5, 0.6) is 0 Å². The van der Waals surface area contributed by atoms with Gasteiger partial charge in [0.05, 0.1) is 5.69 Å². The third-order valence-electron chi connectivity index (χ3n) is 4.43. The summed E-state index contributed by atoms with van der Waals surface area (Å²) < 4.78 is 1.80. The summed E-state index contributed by atoms with van der Waals surface area (Å²) in [5.74, 6) is 1.23. The summed E-state index contributed by atoms with van der Waals surface area (Å²) >= 11 is 0. The van der Waals surface area contributed by atoms with Gasteiger partial charge in [-0.15, -0.1) is 10.2 Å². The Hall–Kier alpha value is -2.69. The minimum Gasteiger partial charge on any atom is -0.325 e. The fourth-order valence-electron chi connectivity index (χ4n) is 3.08. The first kappa shape index (κ1) is 13.9. The Balaban J connectivity index is 1.31. The first-order valence-electron chi connectivity index (χ1n) is 7.91. The minimum atomic E-state index is 0.0815. The predicted octanol–water partition coefficient (Wildman–Crippen LogP) is 2.94. The normalized spacial score (nSPS) is 19.7. The standard InChI is InChI=1S/C18H18N4O/c23-18(20-16-6-7-17-21-19-12-22(17)11-16)10-15-9-14(15)8-13-4-2-1-3-5-13/h1-7,11-12,14-15H,8-10H2,(H,20,23)/t14-,15+/m1/s1. The van der Waals surface area contributed by atoms with Gasteiger partial charge < -0.3 is 5.32 Å². The van der Waals surface area contributed by atoms with Crippen molar-refractivity contribution in [2.24, 2.45) is 11.8 Å². The molecule has 1 fully saturated rings. The number of fused-ring (bicyclic) bond motifs is 1. The summed E-state index contributed by atoms with van der Waals surface area (Å²) in [5.41, 5.74) is 2.91. The second-order valence-corrected chi connectivity index (χ2v) is 6.21. The lowest BCUT2D eigenvalue weighted by Crippen LogP contribution is -2.13. The molecule has 1 aliphatic rings. The molecule has 2 atom stereocenters. The van der Waals surface area contributed by atoms with Crippen LogP contribution in [0.4, 0.5) is 5.69 Å². The highest BCUT2D eigenvalue weighted by molar-refractivity contribution is 5.91. The van der Waals surface area contributed by atoms with E-state index in [2.05, 4.69) is 39.8 Å². The molecule has 1 N–H and O–H groups in total. The Morgan fingerprint density at radius 1 is 1.17 bits per heavy atom. The van der Waals surface area contributed by atoms with E-state index in [-0.39, 0.29) is 5.91 Å². The molecular weight excluding hydrogens is 288 g/mol. The Morgan fingerprint density at radius 3 is 2.91 bits per heavy atom. The number of rotatable bonds is 5. The van der Waals surface area contributed by atoms with Crippen LogP contribution in [0, 0.1) is 11.8 Å². The molecule has 116 valence electrons. The Kier molecular flexibility index (Phi) is 3.54. The van der Waals surface area contributed by atoms with Crippen LogP contribution in [-0.2, 0) is 11.2 Å². The number of aromatic nitrogens is 3. The molecule has 0 radical (unpaired) electrons. The zero-order valence-electron chi connectivity index (χ0n) is 12.7. The number of carbonyl (C=O) groups is 1. The molecule has 3 aromatic rings. The van der Waals surface area contributed by atoms with Gasteiger partial charge in [-0.25, -0.2) is 0 Å². The maximum absolute atomic E-state index is 12.2. The minimum absolute atomic E-state index is 0.0815. The quantitative estimate of drug-likeness (QED) is 0.788. The van der Waals surface area contributed by atoms with E-state index in [1.807, 2.05) is 24.4 Å². The molecule has 1 aromatic carbocycles. The topological polar surface area (TPSA) is 59.3 Å². The molecular formula is C18H18N4O. The van der Waals surface area contributed by atoms with E-state index < -0.39 is 0 Å². The van der Waals surface area contributed by atoms with Gasteiger partial charge in [0.2, 0.25) is 5.91 Å². The van der Waals surface area contributed by atoms with Crippen molar-refractivity contribution in [2.75, 3.05) is 5.32 Å². The lowest BCUT2D eigenvalue weighted by Gasteiger charge is -2.05. The van der Waals surface area contributed by atoms with Crippen molar-refractivity contribution in [3.63, 3.8) is 0 Å². The molecule has 5 heteroatoms. The SMILES string of the molecule is O=C(C[C@@H]1C[C@H]1Cc1ccccc1)Nc1ccc2nncn2c1. The first-order chi connectivity index (χ1) is 11.3. The summed E-state index contributed by atoms with van der Waals surface area (Å²) in [6.07, 6.45) is 6.28. The summed E-state index contributed by atoms with van der Waals surface area (Å²) in [5, 5.41) is 10.7. The fraction of sp³-hybridized carbons (Fsp3) is 0.278. The van der Waals surface area contributed by atoms with Crippen molar-refractivity contribution in [2.45, 2.75) is 19.3 Å². The molecule has 0 aliphatic heterocycles. The van der Waals surface area contributed by atoms with Crippen LogP contribution in [0.25, 0.3) is 5.65 Å². The highest BCUT2D eigenvalue weighted by atomic mass is 16.1. The van der Waals surface area contributed by atoms with E-state index >= 15 is 0 Å². The molecule has 5 nitrogen and oxygen atoms in total. The van der Waals surface area contributed by atoms with Crippen LogP contribution >= 0.6 is 0 Å². The van der Waals surface area contributed by atoms with Crippen molar-refractivity contribution < 1.29 is 4.79 Å². The summed E-state index contributed by atoms with van der Waals surface area (Å²) in [4.78, 5) is 12.2. The summed E-state index contributed by atoms with van der Waals surface area (Å²) in [6.45, 7) is 0. The molecule has 0 bridgehead atoms. The van der Waals surface area contributed by atoms with Crippen molar-refractivity contribution in [3.05, 3.63) is 60.6 Å². The maximum atomic E-state index is 12.2. The number of carbonyl (C=O) groups excluding carboxylic acids is 1. The van der Waals surface area contributed by atoms with Gasteiger partial charge >= 0.3 is 0 Å². The van der Waals surface area contributed by atoms with Crippen molar-refractivity contribution in [3.8, 4) is 0 Å². The molecule has 1 aliphatic carbocycles. The molecule has 23 heavy (non-hydrogen) atoms. The maximum Gasteiger partial charge on any atom is 0.224 e. The Labute approximate surface area is 134 Å². The number of pyridine rings is 1. The van der Waals surface area contributed by atoms with Gasteiger partial charge in [-0.05, 0) is 42.4 Å². The average molecular weight is 306 g/mol. The highest BCUT2D eigenvalue weighted by Crippen LogP contribution is 2.43. The third-order valence-corrected chi connectivity index (χ3v) is 4.43. The summed E-state index contributed by atoms with van der Waals surface area (Å²) in [7, 11) is 0. The predicted molar refractivity (Wildman–Crippen MR) is 88.0 cm³/mol. The largest absolute Gasteiger partial charge is 0.325 e. The highest BCUT2D eigenvalue weighted by Gasteiger charge is 2.38. The lowest BCUT2D eigenvalue weighted by molar-refractivity contribution is -0.116. The van der Waals surface area contributed by atoms with Crippen LogP contribution in [0.3, 0.4) is 0 Å². The number of anilines is 1. The fourth-order valence-corrected chi connectivity index (χ4v) is 3.08. The lowest BCUT2D eigenvalue weighted by atomic mass is 10.1. The van der Waals surface area contributed by atoms with Gasteiger partial charge in [0.25, 0.3) is 0 Å². The van der Waals surface area contributed by atoms with Crippen LogP contribution in [0.2, 0.25) is 0 Å². The first-order valence-corrected chi connectivity index (χ1v) is 7.91. The van der Waals surface area contributed by atoms with E-state index in [9.17, 15) is 4.79 Å². The second kappa shape index (κ2) is 5.83. The van der Waals surface area contributed by atoms with E-state index in [1.54, 1.807) is 10.7 Å². The number of amides is 1. The molecule has 0 unspecified atom stereocenters. The van der Waals surface area contributed by atoms with Crippen LogP contribution in [0.15, 0.2) is 55.0 Å². The van der Waals surface area contributed by atoms with E-state index in [0.29, 0.717) is 18.3 Å². The van der Waals surface area contributed by atoms with Gasteiger partial charge in [0.1, 0.15) is 6.33 Å². The average Bonchev–Trinajstić information content (AvgIpc) is 3.09. The third kappa shape index (κ3) is 3.23. The second-order valence-electron chi connectivity index (χ2n) is 6.21. The number of hydrogen-bond donors (Lipinski definition) is 1. The van der Waals surface area contributed by atoms with Gasteiger partial charge in [-0.3, -0.25) is 9.20 Å². The number of benzene rings is 1. The number of nitrogens with one attached hydrogen (secondary N) is 1. The van der Waals surface area contributed by atoms with Crippen molar-refractivity contribution >= 4 is 17.2 Å². The number of hydrogen-bond acceptors (Lipinski definition) is 3. The molecule has 1 saturated carbocycles.